The number of rotatable bonds is 5. The van der Waals surface area contributed by atoms with Gasteiger partial charge in [0, 0.05) is 12.8 Å². The van der Waals surface area contributed by atoms with E-state index in [0.29, 0.717) is 0 Å². The number of carbonyl (C=O) groups is 1. The minimum absolute atomic E-state index is 0.168. The van der Waals surface area contributed by atoms with Gasteiger partial charge in [-0.3, -0.25) is 4.79 Å². The molecule has 154 valence electrons. The molecule has 1 aliphatic heterocycles. The minimum Gasteiger partial charge on any atom is -0.390 e. The summed E-state index contributed by atoms with van der Waals surface area (Å²) in [6.07, 6.45) is -4.46. The second-order valence-electron chi connectivity index (χ2n) is 7.66. The number of hydrogen-bond acceptors (Lipinski definition) is 6. The number of ether oxygens (including phenoxy) is 2. The first-order chi connectivity index (χ1) is 13.9. The van der Waals surface area contributed by atoms with Gasteiger partial charge in [0.15, 0.2) is 6.29 Å². The summed E-state index contributed by atoms with van der Waals surface area (Å²) in [5.74, 6) is -1.07. The van der Waals surface area contributed by atoms with Gasteiger partial charge in [0.25, 0.3) is 0 Å². The van der Waals surface area contributed by atoms with Crippen LogP contribution >= 0.6 is 0 Å². The van der Waals surface area contributed by atoms with Crippen LogP contribution in [-0.2, 0) is 20.9 Å². The average Bonchev–Trinajstić information content (AvgIpc) is 2.71. The fourth-order valence-electron chi connectivity index (χ4n) is 4.48. The summed E-state index contributed by atoms with van der Waals surface area (Å²) >= 11 is 0. The number of carbonyl (C=O) groups excluding carboxylic acids is 1. The Hall–Kier alpha value is -2.29. The lowest BCUT2D eigenvalue weighted by atomic mass is 9.56. The number of nitrogens with one attached hydrogen (secondary N) is 1. The van der Waals surface area contributed by atoms with Crippen LogP contribution in [0.4, 0.5) is 0 Å². The predicted molar refractivity (Wildman–Crippen MR) is 104 cm³/mol. The van der Waals surface area contributed by atoms with Crippen molar-refractivity contribution >= 4 is 5.91 Å². The highest BCUT2D eigenvalue weighted by atomic mass is 16.6. The van der Waals surface area contributed by atoms with Gasteiger partial charge in [-0.1, -0.05) is 60.7 Å². The highest BCUT2D eigenvalue weighted by Gasteiger charge is 2.71. The van der Waals surface area contributed by atoms with E-state index in [1.807, 2.05) is 60.7 Å². The van der Waals surface area contributed by atoms with E-state index in [2.05, 4.69) is 5.32 Å². The summed E-state index contributed by atoms with van der Waals surface area (Å²) in [7, 11) is 0. The molecule has 0 spiro atoms. The normalized spacial score (nSPS) is 36.0. The van der Waals surface area contributed by atoms with Gasteiger partial charge in [-0.2, -0.15) is 0 Å². The first-order valence-electron chi connectivity index (χ1n) is 9.64. The summed E-state index contributed by atoms with van der Waals surface area (Å²) in [6.45, 7) is 1.49. The summed E-state index contributed by atoms with van der Waals surface area (Å²) in [6, 6.07) is 17.5. The molecular formula is C22H25NO6. The summed E-state index contributed by atoms with van der Waals surface area (Å²) in [4.78, 5) is 11.7. The fourth-order valence-corrected chi connectivity index (χ4v) is 4.48. The maximum absolute atomic E-state index is 11.7. The molecule has 7 heteroatoms. The lowest BCUT2D eigenvalue weighted by Crippen LogP contribution is -2.82. The third-order valence-corrected chi connectivity index (χ3v) is 5.78. The Bertz CT molecular complexity index is 847. The molecule has 1 saturated heterocycles. The molecule has 0 bridgehead atoms. The van der Waals surface area contributed by atoms with Crippen molar-refractivity contribution in [2.75, 3.05) is 0 Å². The van der Waals surface area contributed by atoms with Crippen LogP contribution in [0.25, 0.3) is 0 Å². The smallest absolute Gasteiger partial charge is 0.217 e. The third kappa shape index (κ3) is 3.45. The molecule has 2 aromatic carbocycles. The largest absolute Gasteiger partial charge is 0.390 e. The summed E-state index contributed by atoms with van der Waals surface area (Å²) < 4.78 is 11.6. The van der Waals surface area contributed by atoms with Crippen molar-refractivity contribution in [2.24, 2.45) is 0 Å². The van der Waals surface area contributed by atoms with Crippen molar-refractivity contribution in [3.63, 3.8) is 0 Å². The molecule has 2 aromatic rings. The van der Waals surface area contributed by atoms with Crippen LogP contribution in [0.3, 0.4) is 0 Å². The number of aliphatic hydroxyl groups is 3. The SMILES string of the molecule is CC(=O)N[C@H]1C(O)O[C@@H]2C(O)C(c3ccccc3)[C@]2(O)[C@@H]1OCc1ccccc1. The predicted octanol–water partition coefficient (Wildman–Crippen LogP) is 0.683. The van der Waals surface area contributed by atoms with Crippen molar-refractivity contribution in [1.82, 2.24) is 5.32 Å². The minimum atomic E-state index is -1.62. The number of hydrogen-bond donors (Lipinski definition) is 4. The third-order valence-electron chi connectivity index (χ3n) is 5.78. The zero-order valence-corrected chi connectivity index (χ0v) is 16.0. The molecule has 1 aliphatic carbocycles. The van der Waals surface area contributed by atoms with Crippen LogP contribution in [0.1, 0.15) is 24.0 Å². The van der Waals surface area contributed by atoms with Gasteiger partial charge >= 0.3 is 0 Å². The van der Waals surface area contributed by atoms with E-state index in [1.54, 1.807) is 0 Å². The summed E-state index contributed by atoms with van der Waals surface area (Å²) in [5.41, 5.74) is -0.0120. The molecule has 1 amide bonds. The highest BCUT2D eigenvalue weighted by Crippen LogP contribution is 2.54. The Morgan fingerprint density at radius 1 is 1.10 bits per heavy atom. The van der Waals surface area contributed by atoms with E-state index >= 15 is 0 Å². The highest BCUT2D eigenvalue weighted by molar-refractivity contribution is 5.73. The Balaban J connectivity index is 1.68. The van der Waals surface area contributed by atoms with E-state index < -0.39 is 42.2 Å². The van der Waals surface area contributed by atoms with E-state index in [-0.39, 0.29) is 12.5 Å². The Kier molecular flexibility index (Phi) is 5.42. The van der Waals surface area contributed by atoms with Gasteiger partial charge in [0.05, 0.1) is 12.7 Å². The molecule has 2 fully saturated rings. The first kappa shape index (κ1) is 20.0. The fraction of sp³-hybridized carbons (Fsp3) is 0.409. The van der Waals surface area contributed by atoms with Crippen molar-refractivity contribution < 1.29 is 29.6 Å². The molecule has 1 saturated carbocycles. The van der Waals surface area contributed by atoms with Crippen LogP contribution in [0.15, 0.2) is 60.7 Å². The molecule has 0 radical (unpaired) electrons. The second kappa shape index (κ2) is 7.85. The van der Waals surface area contributed by atoms with E-state index in [0.717, 1.165) is 11.1 Å². The Labute approximate surface area is 168 Å². The maximum atomic E-state index is 11.7. The van der Waals surface area contributed by atoms with Crippen LogP contribution in [0, 0.1) is 0 Å². The molecular weight excluding hydrogens is 374 g/mol. The number of benzene rings is 2. The van der Waals surface area contributed by atoms with Crippen molar-refractivity contribution in [3.8, 4) is 0 Å². The average molecular weight is 399 g/mol. The Morgan fingerprint density at radius 3 is 2.34 bits per heavy atom. The standard InChI is InChI=1S/C22H25NO6/c1-13(24)23-17-19(28-12-14-8-4-2-5-9-14)22(27)16(15-10-6-3-7-11-15)18(25)20(22)29-21(17)26/h2-11,16-21,25-27H,12H2,1H3,(H,23,24)/t16?,17-,18?,19-,20-,21?,22+/m1/s1. The molecule has 3 unspecified atom stereocenters. The van der Waals surface area contributed by atoms with Gasteiger partial charge in [-0.25, -0.2) is 0 Å². The monoisotopic (exact) mass is 399 g/mol. The zero-order chi connectivity index (χ0) is 20.6. The van der Waals surface area contributed by atoms with Gasteiger partial charge in [0.2, 0.25) is 5.91 Å². The lowest BCUT2D eigenvalue weighted by molar-refractivity contribution is -0.367. The van der Waals surface area contributed by atoms with Gasteiger partial charge in [-0.05, 0) is 11.1 Å². The van der Waals surface area contributed by atoms with E-state index in [9.17, 15) is 20.1 Å². The first-order valence-corrected chi connectivity index (χ1v) is 9.64. The van der Waals surface area contributed by atoms with Crippen LogP contribution < -0.4 is 5.32 Å². The number of amides is 1. The molecule has 0 aromatic heterocycles. The number of aliphatic hydroxyl groups excluding tert-OH is 2. The maximum Gasteiger partial charge on any atom is 0.217 e. The van der Waals surface area contributed by atoms with Gasteiger partial charge in [-0.15, -0.1) is 0 Å². The zero-order valence-electron chi connectivity index (χ0n) is 16.0. The topological polar surface area (TPSA) is 108 Å². The van der Waals surface area contributed by atoms with Crippen LogP contribution in [0.5, 0.6) is 0 Å². The molecule has 1 heterocycles. The van der Waals surface area contributed by atoms with E-state index in [1.165, 1.54) is 6.92 Å². The lowest BCUT2D eigenvalue weighted by Gasteiger charge is -2.63. The molecule has 4 rings (SSSR count). The van der Waals surface area contributed by atoms with Crippen molar-refractivity contribution in [2.45, 2.75) is 55.7 Å². The van der Waals surface area contributed by atoms with Gasteiger partial charge < -0.3 is 30.1 Å². The van der Waals surface area contributed by atoms with Crippen molar-refractivity contribution in [3.05, 3.63) is 71.8 Å². The molecule has 7 nitrogen and oxygen atoms in total. The molecule has 7 atom stereocenters. The summed E-state index contributed by atoms with van der Waals surface area (Å²) in [5, 5.41) is 35.4. The Morgan fingerprint density at radius 2 is 1.72 bits per heavy atom. The van der Waals surface area contributed by atoms with E-state index in [4.69, 9.17) is 9.47 Å². The second-order valence-corrected chi connectivity index (χ2v) is 7.66. The molecule has 29 heavy (non-hydrogen) atoms. The quantitative estimate of drug-likeness (QED) is 0.589. The molecule has 4 N–H and O–H groups in total. The molecule has 2 aliphatic rings. The van der Waals surface area contributed by atoms with Crippen LogP contribution in [0.2, 0.25) is 0 Å². The number of fused-ring (bicyclic) bond motifs is 1. The van der Waals surface area contributed by atoms with Gasteiger partial charge in [0.1, 0.15) is 23.9 Å². The van der Waals surface area contributed by atoms with Crippen molar-refractivity contribution in [1.29, 1.82) is 0 Å². The van der Waals surface area contributed by atoms with Crippen LogP contribution in [-0.4, -0.2) is 57.5 Å².